The van der Waals surface area contributed by atoms with Crippen molar-refractivity contribution in [1.82, 2.24) is 14.9 Å². The highest BCUT2D eigenvalue weighted by molar-refractivity contribution is 5.98. The van der Waals surface area contributed by atoms with Gasteiger partial charge in [-0.25, -0.2) is 14.8 Å². The zero-order chi connectivity index (χ0) is 18.8. The zero-order valence-corrected chi connectivity index (χ0v) is 15.3. The van der Waals surface area contributed by atoms with Gasteiger partial charge in [-0.2, -0.15) is 0 Å². The monoisotopic (exact) mass is 370 g/mol. The summed E-state index contributed by atoms with van der Waals surface area (Å²) in [6, 6.07) is 3.74. The smallest absolute Gasteiger partial charge is 0.409 e. The molecule has 2 aliphatic rings. The van der Waals surface area contributed by atoms with Crippen LogP contribution in [0, 0.1) is 0 Å². The third-order valence-electron chi connectivity index (χ3n) is 5.06. The molecule has 0 N–H and O–H groups in total. The molecule has 0 bridgehead atoms. The first-order valence-corrected chi connectivity index (χ1v) is 9.25. The number of hydrogen-bond donors (Lipinski definition) is 0. The van der Waals surface area contributed by atoms with E-state index in [1.807, 2.05) is 17.0 Å². The molecule has 8 nitrogen and oxygen atoms in total. The maximum Gasteiger partial charge on any atom is 0.409 e. The number of carbonyl (C=O) groups excluding carboxylic acids is 2. The molecule has 1 unspecified atom stereocenters. The van der Waals surface area contributed by atoms with Gasteiger partial charge in [-0.15, -0.1) is 0 Å². The van der Waals surface area contributed by atoms with Crippen molar-refractivity contribution in [3.05, 3.63) is 41.6 Å². The van der Waals surface area contributed by atoms with Gasteiger partial charge < -0.3 is 19.0 Å². The van der Waals surface area contributed by atoms with Crippen LogP contribution in [0.5, 0.6) is 0 Å². The predicted molar refractivity (Wildman–Crippen MR) is 96.9 cm³/mol. The summed E-state index contributed by atoms with van der Waals surface area (Å²) in [4.78, 5) is 37.1. The summed E-state index contributed by atoms with van der Waals surface area (Å²) in [5.41, 5.74) is 1.37. The molecule has 27 heavy (non-hydrogen) atoms. The Labute approximate surface area is 157 Å². The lowest BCUT2D eigenvalue weighted by molar-refractivity contribution is 0.0957. The lowest BCUT2D eigenvalue weighted by atomic mass is 9.85. The Morgan fingerprint density at radius 3 is 2.81 bits per heavy atom. The summed E-state index contributed by atoms with van der Waals surface area (Å²) >= 11 is 0. The minimum absolute atomic E-state index is 0.0170. The molecule has 142 valence electrons. The summed E-state index contributed by atoms with van der Waals surface area (Å²) < 4.78 is 10.5. The maximum atomic E-state index is 12.5. The fourth-order valence-electron chi connectivity index (χ4n) is 3.62. The van der Waals surface area contributed by atoms with Crippen LogP contribution in [0.2, 0.25) is 0 Å². The molecule has 0 aromatic carbocycles. The SMILES string of the molecule is CCOC(=O)N1CCN(c2ncc3c(n2)CC(c2ccco2)CC3=O)CC1. The number of aromatic nitrogens is 2. The fraction of sp³-hybridized carbons (Fsp3) is 0.474. The van der Waals surface area contributed by atoms with E-state index in [4.69, 9.17) is 9.15 Å². The van der Waals surface area contributed by atoms with Crippen molar-refractivity contribution in [3.8, 4) is 0 Å². The maximum absolute atomic E-state index is 12.5. The zero-order valence-electron chi connectivity index (χ0n) is 15.3. The van der Waals surface area contributed by atoms with Crippen molar-refractivity contribution in [2.75, 3.05) is 37.7 Å². The Balaban J connectivity index is 1.48. The minimum Gasteiger partial charge on any atom is -0.469 e. The molecule has 1 amide bonds. The Morgan fingerprint density at radius 1 is 1.30 bits per heavy atom. The van der Waals surface area contributed by atoms with Gasteiger partial charge in [0.15, 0.2) is 5.78 Å². The molecule has 1 saturated heterocycles. The molecule has 2 aromatic rings. The van der Waals surface area contributed by atoms with Crippen LogP contribution < -0.4 is 4.90 Å². The van der Waals surface area contributed by atoms with E-state index in [0.717, 1.165) is 11.5 Å². The highest BCUT2D eigenvalue weighted by Gasteiger charge is 2.31. The molecule has 0 spiro atoms. The van der Waals surface area contributed by atoms with Crippen LogP contribution in [0.1, 0.15) is 41.1 Å². The first-order chi connectivity index (χ1) is 13.2. The average molecular weight is 370 g/mol. The van der Waals surface area contributed by atoms with Crippen LogP contribution >= 0.6 is 0 Å². The van der Waals surface area contributed by atoms with Crippen LogP contribution in [0.3, 0.4) is 0 Å². The van der Waals surface area contributed by atoms with Crippen molar-refractivity contribution in [2.45, 2.75) is 25.7 Å². The number of furan rings is 1. The summed E-state index contributed by atoms with van der Waals surface area (Å²) in [6.45, 7) is 4.56. The van der Waals surface area contributed by atoms with E-state index in [1.54, 1.807) is 24.3 Å². The number of carbonyl (C=O) groups is 2. The van der Waals surface area contributed by atoms with Crippen LogP contribution in [-0.4, -0.2) is 59.5 Å². The summed E-state index contributed by atoms with van der Waals surface area (Å²) in [5.74, 6) is 1.49. The van der Waals surface area contributed by atoms with Crippen molar-refractivity contribution < 1.29 is 18.7 Å². The van der Waals surface area contributed by atoms with Gasteiger partial charge in [0.25, 0.3) is 0 Å². The third-order valence-corrected chi connectivity index (χ3v) is 5.06. The van der Waals surface area contributed by atoms with Crippen molar-refractivity contribution in [3.63, 3.8) is 0 Å². The number of anilines is 1. The number of nitrogens with zero attached hydrogens (tertiary/aromatic N) is 4. The van der Waals surface area contributed by atoms with Crippen LogP contribution in [0.15, 0.2) is 29.0 Å². The molecule has 0 radical (unpaired) electrons. The lowest BCUT2D eigenvalue weighted by Crippen LogP contribution is -2.49. The van der Waals surface area contributed by atoms with Crippen LogP contribution in [0.25, 0.3) is 0 Å². The number of Topliss-reactive ketones (excluding diaryl/α,β-unsaturated/α-hetero) is 1. The van der Waals surface area contributed by atoms with Gasteiger partial charge in [-0.05, 0) is 19.1 Å². The normalized spacial score (nSPS) is 19.7. The second-order valence-electron chi connectivity index (χ2n) is 6.75. The van der Waals surface area contributed by atoms with E-state index >= 15 is 0 Å². The van der Waals surface area contributed by atoms with E-state index in [1.165, 1.54) is 0 Å². The molecule has 4 rings (SSSR count). The van der Waals surface area contributed by atoms with Crippen LogP contribution in [0.4, 0.5) is 10.7 Å². The van der Waals surface area contributed by atoms with Gasteiger partial charge >= 0.3 is 6.09 Å². The Morgan fingerprint density at radius 2 is 2.11 bits per heavy atom. The van der Waals surface area contributed by atoms with E-state index in [9.17, 15) is 9.59 Å². The molecule has 1 aliphatic heterocycles. The van der Waals surface area contributed by atoms with E-state index < -0.39 is 0 Å². The molecule has 8 heteroatoms. The van der Waals surface area contributed by atoms with Gasteiger partial charge in [-0.3, -0.25) is 4.79 Å². The van der Waals surface area contributed by atoms with Gasteiger partial charge in [0.05, 0.1) is 24.1 Å². The molecule has 0 saturated carbocycles. The van der Waals surface area contributed by atoms with Gasteiger partial charge in [0, 0.05) is 51.1 Å². The Bertz CT molecular complexity index is 828. The number of ketones is 1. The molecule has 2 aromatic heterocycles. The van der Waals surface area contributed by atoms with E-state index in [-0.39, 0.29) is 17.8 Å². The molecule has 1 atom stereocenters. The molecular weight excluding hydrogens is 348 g/mol. The summed E-state index contributed by atoms with van der Waals surface area (Å²) in [7, 11) is 0. The van der Waals surface area contributed by atoms with Crippen molar-refractivity contribution >= 4 is 17.8 Å². The van der Waals surface area contributed by atoms with Gasteiger partial charge in [0.2, 0.25) is 5.95 Å². The van der Waals surface area contributed by atoms with Gasteiger partial charge in [-0.1, -0.05) is 0 Å². The highest BCUT2D eigenvalue weighted by atomic mass is 16.6. The number of rotatable bonds is 3. The number of amides is 1. The largest absolute Gasteiger partial charge is 0.469 e. The van der Waals surface area contributed by atoms with Crippen molar-refractivity contribution in [1.29, 1.82) is 0 Å². The second kappa shape index (κ2) is 7.38. The van der Waals surface area contributed by atoms with Crippen molar-refractivity contribution in [2.24, 2.45) is 0 Å². The molecular formula is C19H22N4O4. The topological polar surface area (TPSA) is 88.8 Å². The van der Waals surface area contributed by atoms with Gasteiger partial charge in [0.1, 0.15) is 5.76 Å². The first kappa shape index (κ1) is 17.5. The molecule has 1 fully saturated rings. The minimum atomic E-state index is -0.282. The third kappa shape index (κ3) is 3.51. The highest BCUT2D eigenvalue weighted by Crippen LogP contribution is 2.32. The lowest BCUT2D eigenvalue weighted by Gasteiger charge is -2.34. The Kier molecular flexibility index (Phi) is 4.79. The predicted octanol–water partition coefficient (Wildman–Crippen LogP) is 2.26. The van der Waals surface area contributed by atoms with E-state index in [2.05, 4.69) is 9.97 Å². The second-order valence-corrected chi connectivity index (χ2v) is 6.75. The number of fused-ring (bicyclic) bond motifs is 1. The average Bonchev–Trinajstić information content (AvgIpc) is 3.23. The first-order valence-electron chi connectivity index (χ1n) is 9.25. The number of ether oxygens (including phenoxy) is 1. The Hall–Kier alpha value is -2.90. The van der Waals surface area contributed by atoms with E-state index in [0.29, 0.717) is 57.1 Å². The molecule has 3 heterocycles. The number of hydrogen-bond acceptors (Lipinski definition) is 7. The quantitative estimate of drug-likeness (QED) is 0.819. The fourth-order valence-corrected chi connectivity index (χ4v) is 3.62. The number of piperazine rings is 1. The molecule has 1 aliphatic carbocycles. The standard InChI is InChI=1S/C19H22N4O4/c1-2-26-19(25)23-7-5-22(6-8-23)18-20-12-14-15(21-18)10-13(11-16(14)24)17-4-3-9-27-17/h3-4,9,12-13H,2,5-8,10-11H2,1H3. The summed E-state index contributed by atoms with van der Waals surface area (Å²) in [6.07, 6.45) is 4.06. The summed E-state index contributed by atoms with van der Waals surface area (Å²) in [5, 5.41) is 0. The van der Waals surface area contributed by atoms with Crippen LogP contribution in [-0.2, 0) is 11.2 Å².